The number of nitrogens with zero attached hydrogens (tertiary/aromatic N) is 1. The van der Waals surface area contributed by atoms with Crippen LogP contribution in [0.4, 0.5) is 5.69 Å². The van der Waals surface area contributed by atoms with Gasteiger partial charge in [-0.25, -0.2) is 4.79 Å². The maximum atomic E-state index is 10.9. The van der Waals surface area contributed by atoms with E-state index >= 15 is 0 Å². The molecule has 0 aromatic heterocycles. The average Bonchev–Trinajstić information content (AvgIpc) is 2.27. The number of ether oxygens (including phenoxy) is 1. The first kappa shape index (κ1) is 13.5. The van der Waals surface area contributed by atoms with Crippen LogP contribution in [0.15, 0.2) is 18.2 Å². The summed E-state index contributed by atoms with van der Waals surface area (Å²) < 4.78 is 5.10. The van der Waals surface area contributed by atoms with Crippen LogP contribution in [0.2, 0.25) is 0 Å². The van der Waals surface area contributed by atoms with E-state index in [1.807, 2.05) is 26.1 Å². The number of carboxylic acids is 1. The number of anilines is 1. The summed E-state index contributed by atoms with van der Waals surface area (Å²) in [5.74, 6) is -0.887. The lowest BCUT2D eigenvalue weighted by Crippen LogP contribution is -2.32. The Balaban J connectivity index is 2.93. The lowest BCUT2D eigenvalue weighted by atomic mass is 10.1. The van der Waals surface area contributed by atoms with Crippen LogP contribution >= 0.6 is 0 Å². The molecular formula is C13H19NO3. The van der Waals surface area contributed by atoms with Gasteiger partial charge in [-0.15, -0.1) is 0 Å². The molecule has 1 atom stereocenters. The molecule has 1 N–H and O–H groups in total. The Hall–Kier alpha value is -1.55. The molecule has 1 rings (SSSR count). The molecule has 1 unspecified atom stereocenters. The first-order valence-corrected chi connectivity index (χ1v) is 5.53. The molecule has 17 heavy (non-hydrogen) atoms. The molecule has 94 valence electrons. The highest BCUT2D eigenvalue weighted by Gasteiger charge is 2.12. The predicted molar refractivity (Wildman–Crippen MR) is 67.9 cm³/mol. The number of methoxy groups -OCH3 is 1. The fraction of sp³-hybridized carbons (Fsp3) is 0.462. The van der Waals surface area contributed by atoms with Crippen molar-refractivity contribution in [2.75, 3.05) is 25.7 Å². The molecule has 0 aliphatic rings. The largest absolute Gasteiger partial charge is 0.478 e. The number of benzene rings is 1. The van der Waals surface area contributed by atoms with Crippen molar-refractivity contribution in [2.24, 2.45) is 0 Å². The smallest absolute Gasteiger partial charge is 0.335 e. The van der Waals surface area contributed by atoms with Crippen molar-refractivity contribution >= 4 is 11.7 Å². The number of aromatic carboxylic acids is 1. The first-order chi connectivity index (χ1) is 7.97. The van der Waals surface area contributed by atoms with Gasteiger partial charge in [-0.1, -0.05) is 0 Å². The van der Waals surface area contributed by atoms with E-state index < -0.39 is 5.97 Å². The van der Waals surface area contributed by atoms with Crippen molar-refractivity contribution in [3.8, 4) is 0 Å². The van der Waals surface area contributed by atoms with Gasteiger partial charge in [0.1, 0.15) is 0 Å². The molecule has 0 bridgehead atoms. The summed E-state index contributed by atoms with van der Waals surface area (Å²) in [6.45, 7) is 4.50. The number of likely N-dealkylation sites (N-methyl/N-ethyl adjacent to an activating group) is 1. The van der Waals surface area contributed by atoms with Gasteiger partial charge in [-0.05, 0) is 37.6 Å². The van der Waals surface area contributed by atoms with Gasteiger partial charge in [-0.2, -0.15) is 0 Å². The van der Waals surface area contributed by atoms with Crippen LogP contribution in [0.1, 0.15) is 22.8 Å². The monoisotopic (exact) mass is 237 g/mol. The fourth-order valence-electron chi connectivity index (χ4n) is 1.71. The Kier molecular flexibility index (Phi) is 4.52. The van der Waals surface area contributed by atoms with Gasteiger partial charge < -0.3 is 14.7 Å². The molecule has 0 heterocycles. The minimum atomic E-state index is -0.887. The normalized spacial score (nSPS) is 12.2. The second kappa shape index (κ2) is 5.68. The molecule has 4 nitrogen and oxygen atoms in total. The van der Waals surface area contributed by atoms with Crippen molar-refractivity contribution in [1.29, 1.82) is 0 Å². The average molecular weight is 237 g/mol. The third kappa shape index (κ3) is 3.20. The zero-order valence-corrected chi connectivity index (χ0v) is 10.7. The third-order valence-corrected chi connectivity index (χ3v) is 2.92. The van der Waals surface area contributed by atoms with E-state index in [4.69, 9.17) is 9.84 Å². The van der Waals surface area contributed by atoms with E-state index in [1.54, 1.807) is 13.2 Å². The zero-order chi connectivity index (χ0) is 13.0. The van der Waals surface area contributed by atoms with Crippen molar-refractivity contribution in [3.63, 3.8) is 0 Å². The zero-order valence-electron chi connectivity index (χ0n) is 10.7. The maximum Gasteiger partial charge on any atom is 0.335 e. The van der Waals surface area contributed by atoms with E-state index in [1.165, 1.54) is 0 Å². The summed E-state index contributed by atoms with van der Waals surface area (Å²) in [4.78, 5) is 13.0. The molecule has 0 radical (unpaired) electrons. The Morgan fingerprint density at radius 2 is 2.18 bits per heavy atom. The molecule has 1 aromatic rings. The van der Waals surface area contributed by atoms with Crippen molar-refractivity contribution in [1.82, 2.24) is 0 Å². The third-order valence-electron chi connectivity index (χ3n) is 2.92. The Labute approximate surface area is 102 Å². The second-order valence-corrected chi connectivity index (χ2v) is 4.22. The van der Waals surface area contributed by atoms with Crippen molar-refractivity contribution in [3.05, 3.63) is 29.3 Å². The van der Waals surface area contributed by atoms with E-state index in [0.29, 0.717) is 12.2 Å². The molecular weight excluding hydrogens is 218 g/mol. The van der Waals surface area contributed by atoms with E-state index in [0.717, 1.165) is 11.3 Å². The molecule has 0 spiro atoms. The van der Waals surface area contributed by atoms with E-state index in [9.17, 15) is 4.79 Å². The summed E-state index contributed by atoms with van der Waals surface area (Å²) in [5.41, 5.74) is 2.12. The van der Waals surface area contributed by atoms with Gasteiger partial charge >= 0.3 is 5.97 Å². The standard InChI is InChI=1S/C13H19NO3/c1-9-7-11(5-6-12(9)13(15)16)14(3)10(2)8-17-4/h5-7,10H,8H2,1-4H3,(H,15,16). The van der Waals surface area contributed by atoms with Gasteiger partial charge in [-0.3, -0.25) is 0 Å². The molecule has 4 heteroatoms. The van der Waals surface area contributed by atoms with Crippen LogP contribution in [0.5, 0.6) is 0 Å². The molecule has 1 aromatic carbocycles. The lowest BCUT2D eigenvalue weighted by molar-refractivity contribution is 0.0696. The molecule has 0 saturated carbocycles. The van der Waals surface area contributed by atoms with Crippen molar-refractivity contribution in [2.45, 2.75) is 19.9 Å². The van der Waals surface area contributed by atoms with Crippen LogP contribution in [-0.4, -0.2) is 37.9 Å². The Bertz CT molecular complexity index is 404. The van der Waals surface area contributed by atoms with Crippen LogP contribution in [0.3, 0.4) is 0 Å². The van der Waals surface area contributed by atoms with Crippen LogP contribution in [0, 0.1) is 6.92 Å². The molecule has 0 aliphatic carbocycles. The summed E-state index contributed by atoms with van der Waals surface area (Å²) >= 11 is 0. The lowest BCUT2D eigenvalue weighted by Gasteiger charge is -2.27. The quantitative estimate of drug-likeness (QED) is 0.852. The summed E-state index contributed by atoms with van der Waals surface area (Å²) in [6, 6.07) is 5.59. The van der Waals surface area contributed by atoms with E-state index in [-0.39, 0.29) is 6.04 Å². The maximum absolute atomic E-state index is 10.9. The number of carbonyl (C=O) groups is 1. The van der Waals surface area contributed by atoms with Crippen LogP contribution < -0.4 is 4.90 Å². The highest BCUT2D eigenvalue weighted by molar-refractivity contribution is 5.89. The Morgan fingerprint density at radius 1 is 1.53 bits per heavy atom. The van der Waals surface area contributed by atoms with Gasteiger partial charge in [0.15, 0.2) is 0 Å². The Morgan fingerprint density at radius 3 is 2.65 bits per heavy atom. The molecule has 0 saturated heterocycles. The highest BCUT2D eigenvalue weighted by Crippen LogP contribution is 2.20. The van der Waals surface area contributed by atoms with Gasteiger partial charge in [0.05, 0.1) is 12.2 Å². The molecule has 0 fully saturated rings. The van der Waals surface area contributed by atoms with E-state index in [2.05, 4.69) is 11.8 Å². The first-order valence-electron chi connectivity index (χ1n) is 5.53. The summed E-state index contributed by atoms with van der Waals surface area (Å²) in [5, 5.41) is 8.95. The van der Waals surface area contributed by atoms with Gasteiger partial charge in [0.25, 0.3) is 0 Å². The molecule has 0 aliphatic heterocycles. The summed E-state index contributed by atoms with van der Waals surface area (Å²) in [7, 11) is 3.64. The second-order valence-electron chi connectivity index (χ2n) is 4.22. The minimum Gasteiger partial charge on any atom is -0.478 e. The van der Waals surface area contributed by atoms with Crippen molar-refractivity contribution < 1.29 is 14.6 Å². The van der Waals surface area contributed by atoms with Gasteiger partial charge in [0.2, 0.25) is 0 Å². The van der Waals surface area contributed by atoms with Crippen LogP contribution in [-0.2, 0) is 4.74 Å². The highest BCUT2D eigenvalue weighted by atomic mass is 16.5. The fourth-order valence-corrected chi connectivity index (χ4v) is 1.71. The minimum absolute atomic E-state index is 0.245. The number of hydrogen-bond acceptors (Lipinski definition) is 3. The number of hydrogen-bond donors (Lipinski definition) is 1. The SMILES string of the molecule is COCC(C)N(C)c1ccc(C(=O)O)c(C)c1. The predicted octanol–water partition coefficient (Wildman–Crippen LogP) is 2.16. The van der Waals surface area contributed by atoms with Gasteiger partial charge in [0, 0.05) is 25.9 Å². The molecule has 0 amide bonds. The van der Waals surface area contributed by atoms with Crippen LogP contribution in [0.25, 0.3) is 0 Å². The number of aryl methyl sites for hydroxylation is 1. The summed E-state index contributed by atoms with van der Waals surface area (Å²) in [6.07, 6.45) is 0. The number of carboxylic acid groups (broad SMARTS) is 1. The number of rotatable bonds is 5. The topological polar surface area (TPSA) is 49.8 Å².